The third-order valence-electron chi connectivity index (χ3n) is 2.81. The molecule has 0 heterocycles. The lowest BCUT2D eigenvalue weighted by molar-refractivity contribution is 0.250. The molecule has 0 aliphatic carbocycles. The Morgan fingerprint density at radius 1 is 1.20 bits per heavy atom. The second-order valence-electron chi connectivity index (χ2n) is 4.37. The molecule has 15 heavy (non-hydrogen) atoms. The summed E-state index contributed by atoms with van der Waals surface area (Å²) in [5.74, 6) is 3.39. The molecule has 0 fully saturated rings. The van der Waals surface area contributed by atoms with Gasteiger partial charge in [-0.1, -0.05) is 34.1 Å². The third-order valence-corrected chi connectivity index (χ3v) is 4.21. The Labute approximate surface area is 99.2 Å². The summed E-state index contributed by atoms with van der Waals surface area (Å²) in [6, 6.07) is 0.621. The lowest BCUT2D eigenvalue weighted by atomic mass is 10.0. The van der Waals surface area contributed by atoms with Gasteiger partial charge in [0.15, 0.2) is 0 Å². The van der Waals surface area contributed by atoms with Crippen molar-refractivity contribution in [1.29, 1.82) is 0 Å². The van der Waals surface area contributed by atoms with E-state index in [1.54, 1.807) is 0 Å². The van der Waals surface area contributed by atoms with Crippen LogP contribution in [-0.2, 0) is 0 Å². The van der Waals surface area contributed by atoms with Gasteiger partial charge in [-0.25, -0.2) is 0 Å². The van der Waals surface area contributed by atoms with Crippen molar-refractivity contribution in [3.8, 4) is 0 Å². The number of hydrogen-bond donors (Lipinski definition) is 2. The smallest absolute Gasteiger partial charge is 0.0464 e. The van der Waals surface area contributed by atoms with Gasteiger partial charge in [-0.3, -0.25) is 0 Å². The summed E-state index contributed by atoms with van der Waals surface area (Å²) in [5.41, 5.74) is 0. The van der Waals surface area contributed by atoms with Crippen molar-refractivity contribution in [2.75, 3.05) is 24.7 Å². The molecule has 2 nitrogen and oxygen atoms in total. The molecule has 0 aromatic carbocycles. The Hall–Kier alpha value is 0.270. The second kappa shape index (κ2) is 9.49. The van der Waals surface area contributed by atoms with E-state index in [0.29, 0.717) is 18.6 Å². The molecule has 3 atom stereocenters. The normalized spacial score (nSPS) is 17.4. The zero-order valence-electron chi connectivity index (χ0n) is 10.6. The van der Waals surface area contributed by atoms with Crippen LogP contribution in [-0.4, -0.2) is 35.8 Å². The highest BCUT2D eigenvalue weighted by atomic mass is 32.2. The van der Waals surface area contributed by atoms with Crippen LogP contribution >= 0.6 is 11.8 Å². The summed E-state index contributed by atoms with van der Waals surface area (Å²) < 4.78 is 0. The minimum absolute atomic E-state index is 0.308. The van der Waals surface area contributed by atoms with E-state index in [0.717, 1.165) is 24.0 Å². The third kappa shape index (κ3) is 7.20. The van der Waals surface area contributed by atoms with Crippen molar-refractivity contribution in [3.05, 3.63) is 0 Å². The van der Waals surface area contributed by atoms with Gasteiger partial charge in [-0.15, -0.1) is 0 Å². The van der Waals surface area contributed by atoms with E-state index >= 15 is 0 Å². The molecule has 0 aromatic heterocycles. The number of hydrogen-bond acceptors (Lipinski definition) is 3. The van der Waals surface area contributed by atoms with Crippen molar-refractivity contribution >= 4 is 11.8 Å². The molecule has 0 radical (unpaired) electrons. The maximum absolute atomic E-state index is 8.93. The highest BCUT2D eigenvalue weighted by Gasteiger charge is 2.14. The predicted octanol–water partition coefficient (Wildman–Crippen LogP) is 2.37. The van der Waals surface area contributed by atoms with Gasteiger partial charge in [-0.2, -0.15) is 11.8 Å². The van der Waals surface area contributed by atoms with Gasteiger partial charge in [0, 0.05) is 18.4 Å². The fourth-order valence-corrected chi connectivity index (χ4v) is 2.76. The lowest BCUT2D eigenvalue weighted by Gasteiger charge is -2.24. The average Bonchev–Trinajstić information content (AvgIpc) is 2.26. The summed E-state index contributed by atoms with van der Waals surface area (Å²) in [6.45, 7) is 10.2. The van der Waals surface area contributed by atoms with Crippen LogP contribution in [0.2, 0.25) is 0 Å². The molecule has 3 heteroatoms. The standard InChI is InChI=1S/C12H27NOS/c1-5-11(4)12(13-6-2)9-15-8-10(3)7-14/h10-14H,5-9H2,1-4H3. The van der Waals surface area contributed by atoms with Gasteiger partial charge in [0.2, 0.25) is 0 Å². The van der Waals surface area contributed by atoms with Crippen molar-refractivity contribution in [2.45, 2.75) is 40.2 Å². The SMILES string of the molecule is CCNC(CSCC(C)CO)C(C)CC. The lowest BCUT2D eigenvalue weighted by Crippen LogP contribution is -2.37. The Morgan fingerprint density at radius 2 is 1.87 bits per heavy atom. The van der Waals surface area contributed by atoms with Crippen molar-refractivity contribution in [2.24, 2.45) is 11.8 Å². The minimum atomic E-state index is 0.308. The van der Waals surface area contributed by atoms with E-state index in [2.05, 4.69) is 33.0 Å². The zero-order chi connectivity index (χ0) is 11.7. The largest absolute Gasteiger partial charge is 0.396 e. The first-order valence-electron chi connectivity index (χ1n) is 6.07. The number of thioether (sulfide) groups is 1. The second-order valence-corrected chi connectivity index (χ2v) is 5.45. The summed E-state index contributed by atoms with van der Waals surface area (Å²) in [7, 11) is 0. The Morgan fingerprint density at radius 3 is 2.33 bits per heavy atom. The van der Waals surface area contributed by atoms with Gasteiger partial charge < -0.3 is 10.4 Å². The van der Waals surface area contributed by atoms with Gasteiger partial charge in [0.1, 0.15) is 0 Å². The quantitative estimate of drug-likeness (QED) is 0.641. The number of aliphatic hydroxyl groups excluding tert-OH is 1. The van der Waals surface area contributed by atoms with Gasteiger partial charge in [0.05, 0.1) is 0 Å². The van der Waals surface area contributed by atoms with Crippen LogP contribution in [0.4, 0.5) is 0 Å². The van der Waals surface area contributed by atoms with Crippen molar-refractivity contribution < 1.29 is 5.11 Å². The van der Waals surface area contributed by atoms with Crippen LogP contribution in [0.5, 0.6) is 0 Å². The molecule has 0 aromatic rings. The van der Waals surface area contributed by atoms with Crippen LogP contribution < -0.4 is 5.32 Å². The molecule has 0 rings (SSSR count). The first kappa shape index (κ1) is 15.3. The summed E-state index contributed by atoms with van der Waals surface area (Å²) in [6.07, 6.45) is 1.23. The Balaban J connectivity index is 3.75. The molecule has 92 valence electrons. The van der Waals surface area contributed by atoms with Gasteiger partial charge >= 0.3 is 0 Å². The molecular weight excluding hydrogens is 206 g/mol. The molecule has 0 bridgehead atoms. The van der Waals surface area contributed by atoms with E-state index in [1.165, 1.54) is 6.42 Å². The molecule has 0 aliphatic rings. The van der Waals surface area contributed by atoms with Crippen LogP contribution in [0.1, 0.15) is 34.1 Å². The molecule has 0 spiro atoms. The van der Waals surface area contributed by atoms with E-state index in [-0.39, 0.29) is 0 Å². The first-order valence-corrected chi connectivity index (χ1v) is 7.23. The number of rotatable bonds is 9. The van der Waals surface area contributed by atoms with Crippen LogP contribution in [0.15, 0.2) is 0 Å². The summed E-state index contributed by atoms with van der Waals surface area (Å²) >= 11 is 1.96. The minimum Gasteiger partial charge on any atom is -0.396 e. The van der Waals surface area contributed by atoms with Crippen LogP contribution in [0.3, 0.4) is 0 Å². The number of nitrogens with one attached hydrogen (secondary N) is 1. The highest BCUT2D eigenvalue weighted by Crippen LogP contribution is 2.15. The summed E-state index contributed by atoms with van der Waals surface area (Å²) in [5, 5.41) is 12.5. The van der Waals surface area contributed by atoms with E-state index in [9.17, 15) is 0 Å². The fourth-order valence-electron chi connectivity index (χ4n) is 1.42. The molecule has 0 aliphatic heterocycles. The molecular formula is C12H27NOS. The monoisotopic (exact) mass is 233 g/mol. The van der Waals surface area contributed by atoms with Crippen molar-refractivity contribution in [3.63, 3.8) is 0 Å². The van der Waals surface area contributed by atoms with E-state index in [1.807, 2.05) is 11.8 Å². The molecule has 2 N–H and O–H groups in total. The van der Waals surface area contributed by atoms with Crippen molar-refractivity contribution in [1.82, 2.24) is 5.32 Å². The molecule has 3 unspecified atom stereocenters. The number of aliphatic hydroxyl groups is 1. The maximum atomic E-state index is 8.93. The van der Waals surface area contributed by atoms with Gasteiger partial charge in [0.25, 0.3) is 0 Å². The Bertz CT molecular complexity index is 144. The van der Waals surface area contributed by atoms with Crippen LogP contribution in [0.25, 0.3) is 0 Å². The predicted molar refractivity (Wildman–Crippen MR) is 70.5 cm³/mol. The van der Waals surface area contributed by atoms with Crippen LogP contribution in [0, 0.1) is 11.8 Å². The average molecular weight is 233 g/mol. The summed E-state index contributed by atoms with van der Waals surface area (Å²) in [4.78, 5) is 0. The molecule has 0 amide bonds. The van der Waals surface area contributed by atoms with Gasteiger partial charge in [-0.05, 0) is 24.1 Å². The fraction of sp³-hybridized carbons (Fsp3) is 1.00. The maximum Gasteiger partial charge on any atom is 0.0464 e. The molecule has 0 saturated heterocycles. The highest BCUT2D eigenvalue weighted by molar-refractivity contribution is 7.99. The van der Waals surface area contributed by atoms with E-state index < -0.39 is 0 Å². The van der Waals surface area contributed by atoms with E-state index in [4.69, 9.17) is 5.11 Å². The zero-order valence-corrected chi connectivity index (χ0v) is 11.4. The topological polar surface area (TPSA) is 32.3 Å². The Kier molecular flexibility index (Phi) is 9.66. The molecule has 0 saturated carbocycles. The first-order chi connectivity index (χ1) is 7.15.